The molecule has 3 heterocycles. The number of aryl methyl sites for hydroxylation is 1. The monoisotopic (exact) mass is 248 g/mol. The van der Waals surface area contributed by atoms with Gasteiger partial charge in [0.25, 0.3) is 0 Å². The molecule has 0 amide bonds. The van der Waals surface area contributed by atoms with E-state index in [4.69, 9.17) is 11.6 Å². The normalized spacial score (nSPS) is 10.9. The molecule has 17 heavy (non-hydrogen) atoms. The Balaban J connectivity index is 2.07. The molecule has 6 nitrogen and oxygen atoms in total. The van der Waals surface area contributed by atoms with Crippen LogP contribution in [0.15, 0.2) is 24.5 Å². The average molecular weight is 249 g/mol. The first-order chi connectivity index (χ1) is 8.22. The molecule has 0 aromatic carbocycles. The minimum absolute atomic E-state index is 0.387. The van der Waals surface area contributed by atoms with Crippen LogP contribution < -0.4 is 5.32 Å². The predicted molar refractivity (Wildman–Crippen MR) is 64.6 cm³/mol. The van der Waals surface area contributed by atoms with E-state index in [0.29, 0.717) is 10.9 Å². The van der Waals surface area contributed by atoms with Gasteiger partial charge in [-0.1, -0.05) is 11.6 Å². The van der Waals surface area contributed by atoms with Crippen molar-refractivity contribution in [3.63, 3.8) is 0 Å². The fraction of sp³-hybridized carbons (Fsp3) is 0.100. The first kappa shape index (κ1) is 10.1. The zero-order valence-corrected chi connectivity index (χ0v) is 9.73. The van der Waals surface area contributed by atoms with Gasteiger partial charge in [-0.15, -0.1) is 0 Å². The molecule has 0 atom stereocenters. The zero-order valence-electron chi connectivity index (χ0n) is 8.98. The summed E-state index contributed by atoms with van der Waals surface area (Å²) in [7, 11) is 0. The number of H-pyrrole nitrogens is 1. The van der Waals surface area contributed by atoms with Gasteiger partial charge in [-0.25, -0.2) is 9.97 Å². The summed E-state index contributed by atoms with van der Waals surface area (Å²) >= 11 is 5.92. The Morgan fingerprint density at radius 3 is 3.06 bits per heavy atom. The largest absolute Gasteiger partial charge is 0.324 e. The fourth-order valence-corrected chi connectivity index (χ4v) is 1.77. The molecule has 2 N–H and O–H groups in total. The molecule has 0 aliphatic rings. The lowest BCUT2D eigenvalue weighted by molar-refractivity contribution is 1.04. The van der Waals surface area contributed by atoms with Crippen LogP contribution in [-0.2, 0) is 0 Å². The fourth-order valence-electron chi connectivity index (χ4n) is 1.59. The summed E-state index contributed by atoms with van der Waals surface area (Å²) in [5, 5.41) is 10.5. The van der Waals surface area contributed by atoms with Gasteiger partial charge in [0.05, 0.1) is 0 Å². The van der Waals surface area contributed by atoms with E-state index in [2.05, 4.69) is 25.5 Å². The van der Waals surface area contributed by atoms with Gasteiger partial charge in [-0.3, -0.25) is 9.50 Å². The molecule has 0 aliphatic carbocycles. The van der Waals surface area contributed by atoms with Crippen molar-refractivity contribution in [3.8, 4) is 0 Å². The minimum atomic E-state index is 0.387. The molecule has 0 saturated heterocycles. The zero-order chi connectivity index (χ0) is 11.8. The molecule has 0 unspecified atom stereocenters. The van der Waals surface area contributed by atoms with Gasteiger partial charge in [0, 0.05) is 30.2 Å². The van der Waals surface area contributed by atoms with E-state index >= 15 is 0 Å². The average Bonchev–Trinajstić information content (AvgIpc) is 2.87. The maximum absolute atomic E-state index is 5.92. The van der Waals surface area contributed by atoms with E-state index < -0.39 is 0 Å². The SMILES string of the molecule is Cc1cc(Nc2cc(Cl)nc3nccn23)n[nH]1. The Morgan fingerprint density at radius 2 is 2.29 bits per heavy atom. The molecular formula is C10H9ClN6. The highest BCUT2D eigenvalue weighted by Crippen LogP contribution is 2.19. The number of fused-ring (bicyclic) bond motifs is 1. The van der Waals surface area contributed by atoms with Crippen LogP contribution in [-0.4, -0.2) is 24.6 Å². The highest BCUT2D eigenvalue weighted by molar-refractivity contribution is 6.29. The number of hydrogen-bond acceptors (Lipinski definition) is 4. The van der Waals surface area contributed by atoms with E-state index in [9.17, 15) is 0 Å². The number of nitrogens with zero attached hydrogens (tertiary/aromatic N) is 4. The number of anilines is 2. The maximum atomic E-state index is 5.92. The van der Waals surface area contributed by atoms with Crippen molar-refractivity contribution >= 4 is 29.0 Å². The second kappa shape index (κ2) is 3.74. The van der Waals surface area contributed by atoms with E-state index in [1.165, 1.54) is 0 Å². The van der Waals surface area contributed by atoms with Crippen LogP contribution >= 0.6 is 11.6 Å². The summed E-state index contributed by atoms with van der Waals surface area (Å²) in [6.45, 7) is 1.94. The number of rotatable bonds is 2. The maximum Gasteiger partial charge on any atom is 0.236 e. The lowest BCUT2D eigenvalue weighted by Gasteiger charge is -2.05. The standard InChI is InChI=1S/C10H9ClN6/c1-6-4-8(16-15-6)14-9-5-7(11)13-10-12-2-3-17(9)10/h2-5H,1H3,(H2,14,15,16). The highest BCUT2D eigenvalue weighted by Gasteiger charge is 2.06. The second-order valence-corrected chi connectivity index (χ2v) is 4.01. The Bertz CT molecular complexity index is 670. The lowest BCUT2D eigenvalue weighted by Crippen LogP contribution is -1.99. The van der Waals surface area contributed by atoms with Gasteiger partial charge < -0.3 is 5.32 Å². The molecule has 0 aliphatic heterocycles. The molecule has 0 bridgehead atoms. The molecule has 0 spiro atoms. The van der Waals surface area contributed by atoms with Crippen molar-refractivity contribution in [1.29, 1.82) is 0 Å². The highest BCUT2D eigenvalue weighted by atomic mass is 35.5. The number of aromatic nitrogens is 5. The topological polar surface area (TPSA) is 70.9 Å². The van der Waals surface area contributed by atoms with E-state index in [0.717, 1.165) is 17.3 Å². The second-order valence-electron chi connectivity index (χ2n) is 3.62. The van der Waals surface area contributed by atoms with Crippen molar-refractivity contribution in [2.24, 2.45) is 0 Å². The van der Waals surface area contributed by atoms with E-state index in [1.807, 2.05) is 13.0 Å². The van der Waals surface area contributed by atoms with Crippen molar-refractivity contribution in [2.45, 2.75) is 6.92 Å². The summed E-state index contributed by atoms with van der Waals surface area (Å²) in [4.78, 5) is 8.18. The van der Waals surface area contributed by atoms with Crippen molar-refractivity contribution in [3.05, 3.63) is 35.4 Å². The van der Waals surface area contributed by atoms with Crippen LogP contribution in [0.2, 0.25) is 5.15 Å². The summed E-state index contributed by atoms with van der Waals surface area (Å²) in [5.41, 5.74) is 0.981. The Hall–Kier alpha value is -2.08. The Labute approximate surface area is 102 Å². The van der Waals surface area contributed by atoms with Gasteiger partial charge in [-0.2, -0.15) is 5.10 Å². The number of hydrogen-bond donors (Lipinski definition) is 2. The van der Waals surface area contributed by atoms with Crippen LogP contribution in [0.1, 0.15) is 5.69 Å². The Kier molecular flexibility index (Phi) is 2.22. The molecule has 0 fully saturated rings. The summed E-state index contributed by atoms with van der Waals surface area (Å²) < 4.78 is 1.80. The van der Waals surface area contributed by atoms with E-state index in [1.54, 1.807) is 22.9 Å². The van der Waals surface area contributed by atoms with Crippen LogP contribution in [0.3, 0.4) is 0 Å². The first-order valence-electron chi connectivity index (χ1n) is 5.01. The molecule has 3 aromatic rings. The van der Waals surface area contributed by atoms with Gasteiger partial charge in [0.15, 0.2) is 5.82 Å². The molecule has 3 aromatic heterocycles. The van der Waals surface area contributed by atoms with Crippen LogP contribution in [0.5, 0.6) is 0 Å². The quantitative estimate of drug-likeness (QED) is 0.682. The molecule has 7 heteroatoms. The summed E-state index contributed by atoms with van der Waals surface area (Å²) in [6.07, 6.45) is 3.47. The number of nitrogens with one attached hydrogen (secondary N) is 2. The van der Waals surface area contributed by atoms with Gasteiger partial charge in [0.2, 0.25) is 5.78 Å². The molecule has 0 saturated carbocycles. The summed E-state index contributed by atoms with van der Waals surface area (Å²) in [5.74, 6) is 2.04. The molecule has 86 valence electrons. The van der Waals surface area contributed by atoms with Crippen LogP contribution in [0.4, 0.5) is 11.6 Å². The summed E-state index contributed by atoms with van der Waals surface area (Å²) in [6, 6.07) is 3.62. The first-order valence-corrected chi connectivity index (χ1v) is 5.39. The third-order valence-electron chi connectivity index (χ3n) is 2.31. The Morgan fingerprint density at radius 1 is 1.41 bits per heavy atom. The van der Waals surface area contributed by atoms with E-state index in [-0.39, 0.29) is 0 Å². The third kappa shape index (κ3) is 1.83. The predicted octanol–water partition coefficient (Wildman–Crippen LogP) is 2.16. The van der Waals surface area contributed by atoms with Gasteiger partial charge >= 0.3 is 0 Å². The van der Waals surface area contributed by atoms with Crippen molar-refractivity contribution < 1.29 is 0 Å². The van der Waals surface area contributed by atoms with Crippen molar-refractivity contribution in [2.75, 3.05) is 5.32 Å². The van der Waals surface area contributed by atoms with Gasteiger partial charge in [-0.05, 0) is 6.92 Å². The number of halogens is 1. The molecule has 0 radical (unpaired) electrons. The molecular weight excluding hydrogens is 240 g/mol. The number of imidazole rings is 1. The smallest absolute Gasteiger partial charge is 0.236 e. The lowest BCUT2D eigenvalue weighted by atomic mass is 10.4. The molecule has 3 rings (SSSR count). The van der Waals surface area contributed by atoms with Crippen LogP contribution in [0.25, 0.3) is 5.78 Å². The number of aromatic amines is 1. The van der Waals surface area contributed by atoms with Crippen molar-refractivity contribution in [1.82, 2.24) is 24.6 Å². The van der Waals surface area contributed by atoms with Crippen LogP contribution in [0, 0.1) is 6.92 Å². The third-order valence-corrected chi connectivity index (χ3v) is 2.50. The minimum Gasteiger partial charge on any atom is -0.324 e. The van der Waals surface area contributed by atoms with Gasteiger partial charge in [0.1, 0.15) is 11.0 Å².